The Morgan fingerprint density at radius 2 is 0.750 bits per heavy atom. The Labute approximate surface area is 637 Å². The predicted molar refractivity (Wildman–Crippen MR) is 430 cm³/mol. The second kappa shape index (κ2) is 32.0. The molecule has 108 heavy (non-hydrogen) atoms. The number of hydrogen-bond donors (Lipinski definition) is 5. The van der Waals surface area contributed by atoms with Crippen molar-refractivity contribution in [2.24, 2.45) is 0 Å². The number of aromatic nitrogens is 15. The zero-order valence-electron chi connectivity index (χ0n) is 67.9. The van der Waals surface area contributed by atoms with Crippen molar-refractivity contribution >= 4 is 51.4 Å². The van der Waals surface area contributed by atoms with Crippen LogP contribution in [0.2, 0.25) is 36.3 Å². The fraction of sp³-hybridized carbons (Fsp3) is 0.481. The molecule has 0 fully saturated rings. The minimum atomic E-state index is -2.02. The lowest BCUT2D eigenvalue weighted by Crippen LogP contribution is -2.41. The molecule has 0 aromatic carbocycles. The van der Waals surface area contributed by atoms with Crippen LogP contribution in [0.3, 0.4) is 0 Å². The van der Waals surface area contributed by atoms with Crippen LogP contribution in [0, 0.1) is 20.8 Å². The Balaban J connectivity index is 0.000000174. The van der Waals surface area contributed by atoms with Crippen LogP contribution >= 0.6 is 0 Å². The van der Waals surface area contributed by atoms with Gasteiger partial charge in [0.1, 0.15) is 23.4 Å². The molecule has 0 saturated heterocycles. The quantitative estimate of drug-likeness (QED) is 0.0394. The molecule has 0 aliphatic rings. The van der Waals surface area contributed by atoms with Crippen molar-refractivity contribution in [3.63, 3.8) is 0 Å². The first-order valence-corrected chi connectivity index (χ1v) is 43.2. The Kier molecular flexibility index (Phi) is 24.1. The van der Waals surface area contributed by atoms with Crippen molar-refractivity contribution < 1.29 is 32.3 Å². The molecule has 0 spiro atoms. The summed E-state index contributed by atoms with van der Waals surface area (Å²) in [6.07, 6.45) is 6.87. The number of aliphatic hydroxyl groups is 2. The van der Waals surface area contributed by atoms with Crippen LogP contribution < -0.4 is 16.0 Å². The normalized spacial score (nSPS) is 13.8. The molecule has 0 amide bonds. The molecular formula is C81H112N18O7Si2. The molecule has 12 aromatic rings. The van der Waals surface area contributed by atoms with Gasteiger partial charge >= 0.3 is 0 Å². The number of anilines is 3. The summed E-state index contributed by atoms with van der Waals surface area (Å²) >= 11 is 0. The monoisotopic (exact) mass is 1500 g/mol. The van der Waals surface area contributed by atoms with Crippen LogP contribution in [0.25, 0.3) is 51.7 Å². The third-order valence-electron chi connectivity index (χ3n) is 19.0. The average molecular weight is 1510 g/mol. The van der Waals surface area contributed by atoms with Gasteiger partial charge in [-0.25, -0.2) is 0 Å². The van der Waals surface area contributed by atoms with E-state index in [0.717, 1.165) is 69.7 Å². The van der Waals surface area contributed by atoms with Crippen molar-refractivity contribution in [1.29, 1.82) is 0 Å². The second-order valence-electron chi connectivity index (χ2n) is 33.9. The number of furan rings is 3. The summed E-state index contributed by atoms with van der Waals surface area (Å²) in [6, 6.07) is 29.0. The van der Waals surface area contributed by atoms with Crippen molar-refractivity contribution in [1.82, 2.24) is 73.7 Å². The van der Waals surface area contributed by atoms with Gasteiger partial charge in [0.25, 0.3) is 0 Å². The van der Waals surface area contributed by atoms with Crippen molar-refractivity contribution in [3.8, 4) is 34.8 Å². The number of hydrogen-bond acceptors (Lipinski definition) is 22. The van der Waals surface area contributed by atoms with E-state index in [2.05, 4.69) is 183 Å². The van der Waals surface area contributed by atoms with Crippen LogP contribution in [0.5, 0.6) is 0 Å². The summed E-state index contributed by atoms with van der Waals surface area (Å²) < 4.78 is 36.1. The van der Waals surface area contributed by atoms with E-state index in [4.69, 9.17) is 57.0 Å². The molecular weight excluding hydrogens is 1390 g/mol. The lowest BCUT2D eigenvalue weighted by molar-refractivity contribution is 0.168. The molecule has 0 radical (unpaired) electrons. The number of aryl methyl sites for hydroxylation is 3. The van der Waals surface area contributed by atoms with Gasteiger partial charge in [0.15, 0.2) is 50.9 Å². The lowest BCUT2D eigenvalue weighted by atomic mass is 10.1. The number of nitrogens with one attached hydrogen (secondary N) is 3. The zero-order valence-corrected chi connectivity index (χ0v) is 69.9. The van der Waals surface area contributed by atoms with Gasteiger partial charge in [0.2, 0.25) is 35.3 Å². The van der Waals surface area contributed by atoms with E-state index in [0.29, 0.717) is 100 Å². The molecule has 5 N–H and O–H groups in total. The summed E-state index contributed by atoms with van der Waals surface area (Å²) in [6.45, 7) is 53.0. The highest BCUT2D eigenvalue weighted by Gasteiger charge is 2.41. The Bertz CT molecular complexity index is 5050. The van der Waals surface area contributed by atoms with E-state index in [-0.39, 0.29) is 38.9 Å². The molecule has 27 heteroatoms. The van der Waals surface area contributed by atoms with Gasteiger partial charge in [0.05, 0.1) is 65.2 Å². The van der Waals surface area contributed by atoms with Gasteiger partial charge in [-0.2, -0.15) is 58.7 Å². The molecule has 12 aromatic heterocycles. The third-order valence-corrected chi connectivity index (χ3v) is 28.0. The number of nitrogens with zero attached hydrogens (tertiary/aromatic N) is 15. The van der Waals surface area contributed by atoms with E-state index >= 15 is 0 Å². The Morgan fingerprint density at radius 1 is 0.407 bits per heavy atom. The van der Waals surface area contributed by atoms with E-state index in [9.17, 15) is 10.2 Å². The molecule has 0 aliphatic carbocycles. The SMILES string of the molecule is CCC(O)c1cccc(Cc2cnn3c(-c4ccc(C)o4)nc(NC(C)(C)C)nc23)n1.CCC(O[Si](C)(C)C(C)(C)C)c1cccc(C(O)c2cnn3c(-c4ccc(C)o4)nc(NC(C)(C)C)nc23)n1.CCC(O[Si](C)(C)C(C)(C)C)c1cccc(Cc2cnn3c(-c4ccc(C)o4)nc(NC(C)(C)C)nc23)n1. The largest absolute Gasteiger partial charge is 0.458 e. The van der Waals surface area contributed by atoms with Gasteiger partial charge in [-0.05, 0) is 211 Å². The van der Waals surface area contributed by atoms with E-state index in [1.807, 2.05) is 127 Å². The number of fused-ring (bicyclic) bond motifs is 3. The summed E-state index contributed by atoms with van der Waals surface area (Å²) in [5, 5.41) is 45.7. The van der Waals surface area contributed by atoms with Crippen LogP contribution in [0.1, 0.15) is 236 Å². The van der Waals surface area contributed by atoms with Crippen LogP contribution in [0.15, 0.2) is 123 Å². The molecule has 0 saturated carbocycles. The van der Waals surface area contributed by atoms with Crippen molar-refractivity contribution in [2.45, 2.75) is 255 Å². The minimum Gasteiger partial charge on any atom is -0.458 e. The first kappa shape index (κ1) is 81.1. The van der Waals surface area contributed by atoms with E-state index in [1.165, 1.54) is 0 Å². The summed E-state index contributed by atoms with van der Waals surface area (Å²) in [5.41, 5.74) is 8.40. The molecule has 4 atom stereocenters. The predicted octanol–water partition coefficient (Wildman–Crippen LogP) is 18.5. The second-order valence-corrected chi connectivity index (χ2v) is 43.5. The molecule has 0 aliphatic heterocycles. The Morgan fingerprint density at radius 3 is 1.11 bits per heavy atom. The van der Waals surface area contributed by atoms with E-state index < -0.39 is 28.8 Å². The summed E-state index contributed by atoms with van der Waals surface area (Å²) in [7, 11) is -3.96. The molecule has 12 heterocycles. The van der Waals surface area contributed by atoms with Gasteiger partial charge in [0, 0.05) is 52.0 Å². The Hall–Kier alpha value is -9.39. The highest BCUT2D eigenvalue weighted by atomic mass is 28.4. The standard InChI is InChI=1S/C29H42N6O3Si.C29H42N6O2Si.C23H28N6O2/c1-11-22(38-39(9,10)29(6,7)8)20-13-12-14-21(31-20)24(36)19-17-30-35-25(19)32-27(34-28(3,4)5)33-26(35)23-16-15-18(2)37-23;1-11-23(37-38(9,10)29(6,7)8)22-14-12-13-21(31-22)17-20-18-30-35-25(20)32-27(34-28(3,4)5)33-26(35)24-16-15-19(2)36-24;1-6-18(30)17-9-7-8-16(25-17)12-15-13-24-29-20(15)26-22(28-23(3,4)5)27-21(29)19-11-10-14(2)31-19/h12-17,22,24,36H,11H2,1-10H3,(H,32,34);12-16,18,23H,11,17H2,1-10H3,(H,32,34);7-11,13,18,30H,6,12H2,1-5H3,(H,26,28). The first-order chi connectivity index (χ1) is 50.5. The van der Waals surface area contributed by atoms with Crippen LogP contribution in [-0.2, 0) is 21.7 Å². The highest BCUT2D eigenvalue weighted by Crippen LogP contribution is 2.43. The lowest BCUT2D eigenvalue weighted by Gasteiger charge is -2.39. The van der Waals surface area contributed by atoms with Gasteiger partial charge in [-0.15, -0.1) is 0 Å². The number of aliphatic hydroxyl groups excluding tert-OH is 2. The average Bonchev–Trinajstić information content (AvgIpc) is 1.61. The third kappa shape index (κ3) is 19.7. The molecule has 576 valence electrons. The van der Waals surface area contributed by atoms with Crippen molar-refractivity contribution in [3.05, 3.63) is 178 Å². The number of rotatable bonds is 22. The summed E-state index contributed by atoms with van der Waals surface area (Å²) in [4.78, 5) is 43.0. The molecule has 4 unspecified atom stereocenters. The minimum absolute atomic E-state index is 0.0292. The van der Waals surface area contributed by atoms with Gasteiger partial charge in [-0.1, -0.05) is 80.5 Å². The fourth-order valence-electron chi connectivity index (χ4n) is 11.4. The number of pyridine rings is 3. The maximum atomic E-state index is 11.6. The maximum absolute atomic E-state index is 11.6. The topological polar surface area (TPSA) is 302 Å². The van der Waals surface area contributed by atoms with Gasteiger partial charge < -0.3 is 48.3 Å². The highest BCUT2D eigenvalue weighted by molar-refractivity contribution is 6.74. The van der Waals surface area contributed by atoms with Crippen LogP contribution in [-0.4, -0.2) is 117 Å². The van der Waals surface area contributed by atoms with Gasteiger partial charge in [-0.3, -0.25) is 15.0 Å². The first-order valence-electron chi connectivity index (χ1n) is 37.4. The fourth-order valence-corrected chi connectivity index (χ4v) is 14.1. The molecule has 25 nitrogen and oxygen atoms in total. The summed E-state index contributed by atoms with van der Waals surface area (Å²) in [5.74, 6) is 7.37. The van der Waals surface area contributed by atoms with E-state index in [1.54, 1.807) is 25.9 Å². The van der Waals surface area contributed by atoms with Crippen molar-refractivity contribution in [2.75, 3.05) is 16.0 Å². The zero-order chi connectivity index (χ0) is 78.8. The van der Waals surface area contributed by atoms with Crippen LogP contribution in [0.4, 0.5) is 17.8 Å². The molecule has 0 bridgehead atoms. The molecule has 12 rings (SSSR count). The maximum Gasteiger partial charge on any atom is 0.227 e. The smallest absolute Gasteiger partial charge is 0.227 e.